The van der Waals surface area contributed by atoms with Crippen LogP contribution in [0.2, 0.25) is 0 Å². The minimum absolute atomic E-state index is 0.107. The maximum absolute atomic E-state index is 12.1. The van der Waals surface area contributed by atoms with E-state index in [0.717, 1.165) is 38.8 Å². The topological polar surface area (TPSA) is 29.1 Å². The van der Waals surface area contributed by atoms with E-state index in [1.54, 1.807) is 0 Å². The summed E-state index contributed by atoms with van der Waals surface area (Å²) in [5.74, 6) is 2.93. The molecule has 2 heteroatoms. The van der Waals surface area contributed by atoms with E-state index in [0.29, 0.717) is 18.6 Å². The average molecular weight is 207 g/mol. The van der Waals surface area contributed by atoms with Gasteiger partial charge in [0.15, 0.2) is 0 Å². The van der Waals surface area contributed by atoms with E-state index in [1.165, 1.54) is 0 Å². The minimum atomic E-state index is -0.107. The molecule has 84 valence electrons. The third kappa shape index (κ3) is 3.07. The molecule has 0 bridgehead atoms. The van der Waals surface area contributed by atoms with E-state index in [2.05, 4.69) is 18.2 Å². The number of carbonyl (C=O) groups is 1. The standard InChI is InChI=1S/C13H21NO/c1-3-5-7-12(15)13(8-4-2)9-6-10-14-11-13/h1,14H,4-11H2,2H3. The molecule has 1 aliphatic rings. The van der Waals surface area contributed by atoms with Gasteiger partial charge in [-0.2, -0.15) is 0 Å². The van der Waals surface area contributed by atoms with Crippen molar-refractivity contribution in [1.82, 2.24) is 5.32 Å². The van der Waals surface area contributed by atoms with Crippen LogP contribution in [0.25, 0.3) is 0 Å². The van der Waals surface area contributed by atoms with Gasteiger partial charge in [-0.3, -0.25) is 4.79 Å². The number of piperidine rings is 1. The fraction of sp³-hybridized carbons (Fsp3) is 0.769. The van der Waals surface area contributed by atoms with Gasteiger partial charge in [0.05, 0.1) is 0 Å². The zero-order chi connectivity index (χ0) is 11.1. The highest BCUT2D eigenvalue weighted by molar-refractivity contribution is 5.85. The smallest absolute Gasteiger partial charge is 0.141 e. The number of terminal acetylenes is 1. The van der Waals surface area contributed by atoms with Crippen LogP contribution in [0.3, 0.4) is 0 Å². The second-order valence-electron chi connectivity index (χ2n) is 4.44. The van der Waals surface area contributed by atoms with Gasteiger partial charge in [-0.15, -0.1) is 12.3 Å². The third-order valence-electron chi connectivity index (χ3n) is 3.29. The van der Waals surface area contributed by atoms with Crippen LogP contribution in [0.15, 0.2) is 0 Å². The van der Waals surface area contributed by atoms with Gasteiger partial charge in [-0.05, 0) is 25.8 Å². The first-order chi connectivity index (χ1) is 7.25. The fourth-order valence-corrected chi connectivity index (χ4v) is 2.49. The van der Waals surface area contributed by atoms with Gasteiger partial charge >= 0.3 is 0 Å². The highest BCUT2D eigenvalue weighted by atomic mass is 16.1. The molecule has 1 heterocycles. The van der Waals surface area contributed by atoms with Crippen LogP contribution in [0.4, 0.5) is 0 Å². The summed E-state index contributed by atoms with van der Waals surface area (Å²) < 4.78 is 0. The van der Waals surface area contributed by atoms with E-state index in [4.69, 9.17) is 6.42 Å². The predicted molar refractivity (Wildman–Crippen MR) is 62.5 cm³/mol. The molecule has 1 rings (SSSR count). The largest absolute Gasteiger partial charge is 0.316 e. The van der Waals surface area contributed by atoms with E-state index in [9.17, 15) is 4.79 Å². The Labute approximate surface area is 92.8 Å². The van der Waals surface area contributed by atoms with Crippen molar-refractivity contribution in [2.75, 3.05) is 13.1 Å². The first kappa shape index (κ1) is 12.3. The van der Waals surface area contributed by atoms with Crippen molar-refractivity contribution in [2.24, 2.45) is 5.41 Å². The highest BCUT2D eigenvalue weighted by Gasteiger charge is 2.37. The molecule has 15 heavy (non-hydrogen) atoms. The molecule has 0 aromatic carbocycles. The third-order valence-corrected chi connectivity index (χ3v) is 3.29. The molecule has 1 atom stereocenters. The van der Waals surface area contributed by atoms with E-state index in [-0.39, 0.29) is 5.41 Å². The Morgan fingerprint density at radius 2 is 2.40 bits per heavy atom. The molecule has 1 saturated heterocycles. The Bertz CT molecular complexity index is 240. The Morgan fingerprint density at radius 1 is 1.60 bits per heavy atom. The molecule has 1 fully saturated rings. The number of Topliss-reactive ketones (excluding diaryl/α,β-unsaturated/α-hetero) is 1. The molecule has 1 unspecified atom stereocenters. The molecular formula is C13H21NO. The molecule has 0 spiro atoms. The molecule has 0 aromatic heterocycles. The lowest BCUT2D eigenvalue weighted by Crippen LogP contribution is -2.45. The van der Waals surface area contributed by atoms with E-state index >= 15 is 0 Å². The molecule has 0 radical (unpaired) electrons. The Morgan fingerprint density at radius 3 is 2.93 bits per heavy atom. The Kier molecular flexibility index (Phi) is 4.84. The van der Waals surface area contributed by atoms with Gasteiger partial charge in [0.1, 0.15) is 5.78 Å². The maximum atomic E-state index is 12.1. The van der Waals surface area contributed by atoms with Gasteiger partial charge in [-0.1, -0.05) is 13.3 Å². The summed E-state index contributed by atoms with van der Waals surface area (Å²) >= 11 is 0. The summed E-state index contributed by atoms with van der Waals surface area (Å²) in [7, 11) is 0. The first-order valence-corrected chi connectivity index (χ1v) is 5.92. The lowest BCUT2D eigenvalue weighted by atomic mass is 9.72. The first-order valence-electron chi connectivity index (χ1n) is 5.92. The number of hydrogen-bond donors (Lipinski definition) is 1. The molecule has 0 aliphatic carbocycles. The quantitative estimate of drug-likeness (QED) is 0.700. The zero-order valence-corrected chi connectivity index (χ0v) is 9.64. The summed E-state index contributed by atoms with van der Waals surface area (Å²) in [5, 5.41) is 3.35. The second kappa shape index (κ2) is 5.92. The lowest BCUT2D eigenvalue weighted by Gasteiger charge is -2.36. The molecule has 0 saturated carbocycles. The number of ketones is 1. The monoisotopic (exact) mass is 207 g/mol. The van der Waals surface area contributed by atoms with Crippen molar-refractivity contribution in [3.05, 3.63) is 0 Å². The maximum Gasteiger partial charge on any atom is 0.141 e. The average Bonchev–Trinajstić information content (AvgIpc) is 2.27. The summed E-state index contributed by atoms with van der Waals surface area (Å²) in [6.07, 6.45) is 10.6. The van der Waals surface area contributed by atoms with Gasteiger partial charge in [0, 0.05) is 24.8 Å². The van der Waals surface area contributed by atoms with Crippen molar-refractivity contribution in [3.63, 3.8) is 0 Å². The van der Waals surface area contributed by atoms with Crippen molar-refractivity contribution in [1.29, 1.82) is 0 Å². The zero-order valence-electron chi connectivity index (χ0n) is 9.64. The fourth-order valence-electron chi connectivity index (χ4n) is 2.49. The van der Waals surface area contributed by atoms with Crippen molar-refractivity contribution in [3.8, 4) is 12.3 Å². The predicted octanol–water partition coefficient (Wildman–Crippen LogP) is 2.14. The van der Waals surface area contributed by atoms with Gasteiger partial charge < -0.3 is 5.32 Å². The van der Waals surface area contributed by atoms with E-state index < -0.39 is 0 Å². The van der Waals surface area contributed by atoms with Crippen LogP contribution in [0.1, 0.15) is 45.4 Å². The Hall–Kier alpha value is -0.810. The SMILES string of the molecule is C#CCCC(=O)C1(CCC)CCCNC1. The Balaban J connectivity index is 2.62. The lowest BCUT2D eigenvalue weighted by molar-refractivity contribution is -0.130. The van der Waals surface area contributed by atoms with Gasteiger partial charge in [0.25, 0.3) is 0 Å². The van der Waals surface area contributed by atoms with Crippen LogP contribution in [0.5, 0.6) is 0 Å². The molecular weight excluding hydrogens is 186 g/mol. The number of hydrogen-bond acceptors (Lipinski definition) is 2. The summed E-state index contributed by atoms with van der Waals surface area (Å²) in [6.45, 7) is 4.04. The van der Waals surface area contributed by atoms with Crippen molar-refractivity contribution < 1.29 is 4.79 Å². The molecule has 2 nitrogen and oxygen atoms in total. The van der Waals surface area contributed by atoms with Crippen LogP contribution in [-0.2, 0) is 4.79 Å². The van der Waals surface area contributed by atoms with Crippen LogP contribution >= 0.6 is 0 Å². The number of carbonyl (C=O) groups excluding carboxylic acids is 1. The molecule has 0 aromatic rings. The van der Waals surface area contributed by atoms with Crippen LogP contribution < -0.4 is 5.32 Å². The molecule has 0 amide bonds. The van der Waals surface area contributed by atoms with Crippen molar-refractivity contribution in [2.45, 2.75) is 45.4 Å². The number of nitrogens with one attached hydrogen (secondary N) is 1. The summed E-state index contributed by atoms with van der Waals surface area (Å²) in [5.41, 5.74) is -0.107. The van der Waals surface area contributed by atoms with Crippen LogP contribution in [-0.4, -0.2) is 18.9 Å². The van der Waals surface area contributed by atoms with Crippen molar-refractivity contribution >= 4 is 5.78 Å². The second-order valence-corrected chi connectivity index (χ2v) is 4.44. The molecule has 1 N–H and O–H groups in total. The normalized spacial score (nSPS) is 25.9. The summed E-state index contributed by atoms with van der Waals surface area (Å²) in [6, 6.07) is 0. The van der Waals surface area contributed by atoms with Gasteiger partial charge in [0.2, 0.25) is 0 Å². The molecule has 1 aliphatic heterocycles. The minimum Gasteiger partial charge on any atom is -0.316 e. The van der Waals surface area contributed by atoms with Crippen LogP contribution in [0, 0.1) is 17.8 Å². The van der Waals surface area contributed by atoms with E-state index in [1.807, 2.05) is 0 Å². The summed E-state index contributed by atoms with van der Waals surface area (Å²) in [4.78, 5) is 12.1. The number of rotatable bonds is 5. The van der Waals surface area contributed by atoms with Gasteiger partial charge in [-0.25, -0.2) is 0 Å². The highest BCUT2D eigenvalue weighted by Crippen LogP contribution is 2.33.